The van der Waals surface area contributed by atoms with Crippen molar-refractivity contribution in [2.24, 2.45) is 0 Å². The van der Waals surface area contributed by atoms with Crippen molar-refractivity contribution in [2.75, 3.05) is 0 Å². The highest BCUT2D eigenvalue weighted by Gasteiger charge is 2.23. The van der Waals surface area contributed by atoms with Gasteiger partial charge in [-0.15, -0.1) is 0 Å². The molecule has 0 aliphatic heterocycles. The molecule has 1 N–H and O–H groups in total. The van der Waals surface area contributed by atoms with Crippen LogP contribution in [0.25, 0.3) is 22.5 Å². The summed E-state index contributed by atoms with van der Waals surface area (Å²) >= 11 is 0. The number of nitrogens with zero attached hydrogens (tertiary/aromatic N) is 1. The zero-order valence-corrected chi connectivity index (χ0v) is 15.8. The molecule has 0 saturated carbocycles. The lowest BCUT2D eigenvalue weighted by atomic mass is 9.93. The Hall–Kier alpha value is -3.46. The van der Waals surface area contributed by atoms with Gasteiger partial charge < -0.3 is 4.98 Å². The van der Waals surface area contributed by atoms with E-state index in [0.717, 1.165) is 33.9 Å². The molecule has 0 aliphatic carbocycles. The standard InChI is InChI=1S/C25H22N2O/c1-18(28)17-22(19-11-5-2-6-12-19)25-26-23(20-13-7-3-8-14-20)24(27-25)21-15-9-4-10-16-21/h2-16,22H,17H2,1H3,(H,26,27). The molecular weight excluding hydrogens is 344 g/mol. The number of nitrogens with one attached hydrogen (secondary N) is 1. The van der Waals surface area contributed by atoms with Gasteiger partial charge in [0.15, 0.2) is 0 Å². The zero-order chi connectivity index (χ0) is 19.3. The molecule has 0 radical (unpaired) electrons. The third kappa shape index (κ3) is 3.79. The highest BCUT2D eigenvalue weighted by atomic mass is 16.1. The monoisotopic (exact) mass is 366 g/mol. The van der Waals surface area contributed by atoms with Gasteiger partial charge in [0.25, 0.3) is 0 Å². The first-order valence-corrected chi connectivity index (χ1v) is 9.47. The van der Waals surface area contributed by atoms with Crippen LogP contribution < -0.4 is 0 Å². The Bertz CT molecular complexity index is 997. The minimum atomic E-state index is -0.0985. The van der Waals surface area contributed by atoms with Crippen molar-refractivity contribution in [3.63, 3.8) is 0 Å². The second kappa shape index (κ2) is 8.05. The van der Waals surface area contributed by atoms with Gasteiger partial charge in [-0.3, -0.25) is 4.79 Å². The largest absolute Gasteiger partial charge is 0.341 e. The molecule has 0 spiro atoms. The van der Waals surface area contributed by atoms with Crippen LogP contribution in [0.15, 0.2) is 91.0 Å². The van der Waals surface area contributed by atoms with E-state index in [1.807, 2.05) is 54.6 Å². The number of benzene rings is 3. The molecule has 0 amide bonds. The first-order valence-electron chi connectivity index (χ1n) is 9.47. The molecule has 1 heterocycles. The number of hydrogen-bond donors (Lipinski definition) is 1. The van der Waals surface area contributed by atoms with Crippen molar-refractivity contribution in [1.29, 1.82) is 0 Å². The second-order valence-corrected chi connectivity index (χ2v) is 6.95. The van der Waals surface area contributed by atoms with Gasteiger partial charge in [0.1, 0.15) is 11.6 Å². The van der Waals surface area contributed by atoms with Crippen LogP contribution in [0, 0.1) is 0 Å². The van der Waals surface area contributed by atoms with E-state index >= 15 is 0 Å². The van der Waals surface area contributed by atoms with Crippen LogP contribution in [-0.2, 0) is 4.79 Å². The first kappa shape index (κ1) is 17.9. The molecule has 3 heteroatoms. The number of rotatable bonds is 6. The molecule has 3 aromatic carbocycles. The average molecular weight is 366 g/mol. The Morgan fingerprint density at radius 3 is 1.93 bits per heavy atom. The Morgan fingerprint density at radius 1 is 0.821 bits per heavy atom. The van der Waals surface area contributed by atoms with Gasteiger partial charge in [-0.05, 0) is 12.5 Å². The van der Waals surface area contributed by atoms with Crippen molar-refractivity contribution in [3.05, 3.63) is 102 Å². The second-order valence-electron chi connectivity index (χ2n) is 6.95. The van der Waals surface area contributed by atoms with E-state index < -0.39 is 0 Å². The molecule has 1 aromatic heterocycles. The van der Waals surface area contributed by atoms with E-state index in [4.69, 9.17) is 4.98 Å². The van der Waals surface area contributed by atoms with Crippen molar-refractivity contribution >= 4 is 5.78 Å². The highest BCUT2D eigenvalue weighted by Crippen LogP contribution is 2.34. The molecule has 1 atom stereocenters. The average Bonchev–Trinajstić information content (AvgIpc) is 3.19. The molecule has 138 valence electrons. The normalized spacial score (nSPS) is 11.9. The predicted molar refractivity (Wildman–Crippen MR) is 113 cm³/mol. The summed E-state index contributed by atoms with van der Waals surface area (Å²) in [6.07, 6.45) is 0.417. The number of hydrogen-bond acceptors (Lipinski definition) is 2. The van der Waals surface area contributed by atoms with Gasteiger partial charge in [-0.25, -0.2) is 4.98 Å². The van der Waals surface area contributed by atoms with Gasteiger partial charge >= 0.3 is 0 Å². The molecule has 0 fully saturated rings. The summed E-state index contributed by atoms with van der Waals surface area (Å²) in [7, 11) is 0. The van der Waals surface area contributed by atoms with Gasteiger partial charge in [-0.2, -0.15) is 0 Å². The van der Waals surface area contributed by atoms with Crippen LogP contribution in [0.4, 0.5) is 0 Å². The van der Waals surface area contributed by atoms with E-state index in [9.17, 15) is 4.79 Å². The molecule has 28 heavy (non-hydrogen) atoms. The third-order valence-electron chi connectivity index (χ3n) is 4.86. The van der Waals surface area contributed by atoms with Crippen molar-refractivity contribution in [2.45, 2.75) is 19.3 Å². The Morgan fingerprint density at radius 2 is 1.36 bits per heavy atom. The minimum Gasteiger partial charge on any atom is -0.341 e. The SMILES string of the molecule is CC(=O)CC(c1ccccc1)c1nc(-c2ccccc2)c(-c2ccccc2)[nH]1. The maximum atomic E-state index is 12.0. The molecule has 3 nitrogen and oxygen atoms in total. The Kier molecular flexibility index (Phi) is 5.16. The lowest BCUT2D eigenvalue weighted by Crippen LogP contribution is -2.08. The number of ketones is 1. The number of carbonyl (C=O) groups is 1. The molecular formula is C25H22N2O. The van der Waals surface area contributed by atoms with Crippen molar-refractivity contribution in [3.8, 4) is 22.5 Å². The van der Waals surface area contributed by atoms with Crippen LogP contribution >= 0.6 is 0 Å². The van der Waals surface area contributed by atoms with Crippen LogP contribution in [0.1, 0.15) is 30.7 Å². The molecule has 0 aliphatic rings. The van der Waals surface area contributed by atoms with Crippen LogP contribution in [0.5, 0.6) is 0 Å². The predicted octanol–water partition coefficient (Wildman–Crippen LogP) is 5.85. The van der Waals surface area contributed by atoms with Crippen LogP contribution in [-0.4, -0.2) is 15.8 Å². The maximum Gasteiger partial charge on any atom is 0.130 e. The molecule has 0 bridgehead atoms. The van der Waals surface area contributed by atoms with E-state index in [1.54, 1.807) is 6.92 Å². The zero-order valence-electron chi connectivity index (χ0n) is 15.8. The highest BCUT2D eigenvalue weighted by molar-refractivity contribution is 5.80. The fourth-order valence-electron chi connectivity index (χ4n) is 3.52. The number of H-pyrrole nitrogens is 1. The molecule has 0 saturated heterocycles. The van der Waals surface area contributed by atoms with Gasteiger partial charge in [-0.1, -0.05) is 91.0 Å². The number of imidazole rings is 1. The van der Waals surface area contributed by atoms with Gasteiger partial charge in [0.2, 0.25) is 0 Å². The van der Waals surface area contributed by atoms with Crippen molar-refractivity contribution < 1.29 is 4.79 Å². The summed E-state index contributed by atoms with van der Waals surface area (Å²) in [5, 5.41) is 0. The van der Waals surface area contributed by atoms with E-state index in [2.05, 4.69) is 41.4 Å². The van der Waals surface area contributed by atoms with Crippen LogP contribution in [0.2, 0.25) is 0 Å². The number of aromatic amines is 1. The summed E-state index contributed by atoms with van der Waals surface area (Å²) in [6, 6.07) is 30.5. The minimum absolute atomic E-state index is 0.0985. The molecule has 4 aromatic rings. The van der Waals surface area contributed by atoms with E-state index in [1.165, 1.54) is 0 Å². The first-order chi connectivity index (χ1) is 13.7. The third-order valence-corrected chi connectivity index (χ3v) is 4.86. The summed E-state index contributed by atoms with van der Waals surface area (Å²) < 4.78 is 0. The van der Waals surface area contributed by atoms with Gasteiger partial charge in [0, 0.05) is 23.5 Å². The van der Waals surface area contributed by atoms with E-state index in [0.29, 0.717) is 6.42 Å². The number of aromatic nitrogens is 2. The molecule has 4 rings (SSSR count). The van der Waals surface area contributed by atoms with Crippen molar-refractivity contribution in [1.82, 2.24) is 9.97 Å². The lowest BCUT2D eigenvalue weighted by molar-refractivity contribution is -0.117. The summed E-state index contributed by atoms with van der Waals surface area (Å²) in [5.41, 5.74) is 5.11. The number of carbonyl (C=O) groups excluding carboxylic acids is 1. The lowest BCUT2D eigenvalue weighted by Gasteiger charge is -2.13. The summed E-state index contributed by atoms with van der Waals surface area (Å²) in [5.74, 6) is 0.866. The number of Topliss-reactive ketones (excluding diaryl/α,β-unsaturated/α-hetero) is 1. The van der Waals surface area contributed by atoms with E-state index in [-0.39, 0.29) is 11.7 Å². The Labute approximate surface area is 165 Å². The quantitative estimate of drug-likeness (QED) is 0.465. The fraction of sp³-hybridized carbons (Fsp3) is 0.120. The smallest absolute Gasteiger partial charge is 0.130 e. The van der Waals surface area contributed by atoms with Gasteiger partial charge in [0.05, 0.1) is 11.4 Å². The molecule has 1 unspecified atom stereocenters. The maximum absolute atomic E-state index is 12.0. The summed E-state index contributed by atoms with van der Waals surface area (Å²) in [6.45, 7) is 1.63. The topological polar surface area (TPSA) is 45.8 Å². The summed E-state index contributed by atoms with van der Waals surface area (Å²) in [4.78, 5) is 20.5. The Balaban J connectivity index is 1.87. The van der Waals surface area contributed by atoms with Crippen LogP contribution in [0.3, 0.4) is 0 Å². The fourth-order valence-corrected chi connectivity index (χ4v) is 3.52.